The Morgan fingerprint density at radius 3 is 1.81 bits per heavy atom. The summed E-state index contributed by atoms with van der Waals surface area (Å²) in [4.78, 5) is 4.76. The van der Waals surface area contributed by atoms with Crippen molar-refractivity contribution in [3.05, 3.63) is 65.2 Å². The van der Waals surface area contributed by atoms with Gasteiger partial charge in [0.1, 0.15) is 0 Å². The van der Waals surface area contributed by atoms with Crippen LogP contribution in [0.25, 0.3) is 0 Å². The fraction of sp³-hybridized carbons (Fsp3) is 0.478. The number of piperazine rings is 1. The topological polar surface area (TPSA) is 18.5 Å². The maximum atomic E-state index is 3.48. The average molecular weight is 352 g/mol. The van der Waals surface area contributed by atoms with E-state index in [1.807, 2.05) is 0 Å². The highest BCUT2D eigenvalue weighted by Crippen LogP contribution is 2.32. The van der Waals surface area contributed by atoms with Gasteiger partial charge in [0.15, 0.2) is 0 Å². The van der Waals surface area contributed by atoms with Gasteiger partial charge in [0, 0.05) is 46.0 Å². The molecule has 0 aliphatic carbocycles. The predicted octanol–water partition coefficient (Wildman–Crippen LogP) is 4.04. The molecule has 0 saturated carbocycles. The van der Waals surface area contributed by atoms with Crippen LogP contribution in [-0.4, -0.2) is 45.2 Å². The molecule has 1 fully saturated rings. The molecular weight excluding hydrogens is 318 g/mol. The summed E-state index contributed by atoms with van der Waals surface area (Å²) in [5, 5.41) is 3.48. The first-order valence-corrected chi connectivity index (χ1v) is 9.69. The standard InChI is InChI=1S/C23H33N3/c1-23(2,3)20-10-6-18(7-11-20)22(26-16-14-24-15-17-26)19-8-12-21(13-9-19)25(4)5/h6-13,22,24H,14-17H2,1-5H3. The van der Waals surface area contributed by atoms with Gasteiger partial charge in [-0.1, -0.05) is 57.2 Å². The molecule has 3 nitrogen and oxygen atoms in total. The molecule has 1 aliphatic rings. The second-order valence-corrected chi connectivity index (χ2v) is 8.55. The summed E-state index contributed by atoms with van der Waals surface area (Å²) < 4.78 is 0. The minimum Gasteiger partial charge on any atom is -0.378 e. The van der Waals surface area contributed by atoms with Crippen LogP contribution in [0, 0.1) is 0 Å². The van der Waals surface area contributed by atoms with Crippen molar-refractivity contribution < 1.29 is 0 Å². The molecule has 1 N–H and O–H groups in total. The Labute approximate surface area is 159 Å². The monoisotopic (exact) mass is 351 g/mol. The van der Waals surface area contributed by atoms with Gasteiger partial charge in [0.05, 0.1) is 6.04 Å². The van der Waals surface area contributed by atoms with Crippen molar-refractivity contribution in [2.45, 2.75) is 32.2 Å². The van der Waals surface area contributed by atoms with Gasteiger partial charge in [0.2, 0.25) is 0 Å². The SMILES string of the molecule is CN(C)c1ccc(C(c2ccc(C(C)(C)C)cc2)N2CCNCC2)cc1. The molecule has 1 unspecified atom stereocenters. The van der Waals surface area contributed by atoms with Crippen molar-refractivity contribution in [1.29, 1.82) is 0 Å². The molecule has 140 valence electrons. The molecule has 2 aromatic rings. The second kappa shape index (κ2) is 7.81. The van der Waals surface area contributed by atoms with Gasteiger partial charge in [-0.3, -0.25) is 4.90 Å². The number of hydrogen-bond acceptors (Lipinski definition) is 3. The molecule has 0 aromatic heterocycles. The Bertz CT molecular complexity index is 690. The van der Waals surface area contributed by atoms with Crippen molar-refractivity contribution in [2.75, 3.05) is 45.2 Å². The molecule has 3 rings (SSSR count). The van der Waals surface area contributed by atoms with Crippen LogP contribution in [0.15, 0.2) is 48.5 Å². The van der Waals surface area contributed by atoms with Gasteiger partial charge in [0.25, 0.3) is 0 Å². The van der Waals surface area contributed by atoms with E-state index in [2.05, 4.69) is 98.5 Å². The van der Waals surface area contributed by atoms with Crippen LogP contribution in [0.5, 0.6) is 0 Å². The van der Waals surface area contributed by atoms with Crippen molar-refractivity contribution in [1.82, 2.24) is 10.2 Å². The summed E-state index contributed by atoms with van der Waals surface area (Å²) in [6.07, 6.45) is 0. The summed E-state index contributed by atoms with van der Waals surface area (Å²) in [5.41, 5.74) is 5.59. The summed E-state index contributed by atoms with van der Waals surface area (Å²) in [5.74, 6) is 0. The van der Waals surface area contributed by atoms with Crippen molar-refractivity contribution in [2.24, 2.45) is 0 Å². The van der Waals surface area contributed by atoms with Crippen LogP contribution in [0.2, 0.25) is 0 Å². The van der Waals surface area contributed by atoms with Crippen LogP contribution < -0.4 is 10.2 Å². The number of nitrogens with zero attached hydrogens (tertiary/aromatic N) is 2. The Morgan fingerprint density at radius 1 is 0.846 bits per heavy atom. The first-order valence-electron chi connectivity index (χ1n) is 9.69. The van der Waals surface area contributed by atoms with Crippen molar-refractivity contribution in [3.8, 4) is 0 Å². The summed E-state index contributed by atoms with van der Waals surface area (Å²) in [6, 6.07) is 18.6. The van der Waals surface area contributed by atoms with E-state index in [1.165, 1.54) is 22.4 Å². The molecule has 3 heteroatoms. The summed E-state index contributed by atoms with van der Waals surface area (Å²) >= 11 is 0. The lowest BCUT2D eigenvalue weighted by Gasteiger charge is -2.36. The average Bonchev–Trinajstić information content (AvgIpc) is 2.63. The van der Waals surface area contributed by atoms with Crippen LogP contribution in [0.3, 0.4) is 0 Å². The van der Waals surface area contributed by atoms with Crippen LogP contribution in [0.4, 0.5) is 5.69 Å². The molecule has 0 amide bonds. The third kappa shape index (κ3) is 4.28. The molecule has 2 aromatic carbocycles. The highest BCUT2D eigenvalue weighted by molar-refractivity contribution is 5.48. The number of anilines is 1. The molecule has 1 saturated heterocycles. The quantitative estimate of drug-likeness (QED) is 0.897. The maximum Gasteiger partial charge on any atom is 0.0602 e. The van der Waals surface area contributed by atoms with Gasteiger partial charge in [-0.2, -0.15) is 0 Å². The molecule has 0 spiro atoms. The smallest absolute Gasteiger partial charge is 0.0602 e. The van der Waals surface area contributed by atoms with Gasteiger partial charge < -0.3 is 10.2 Å². The maximum absolute atomic E-state index is 3.48. The highest BCUT2D eigenvalue weighted by atomic mass is 15.2. The molecule has 1 aliphatic heterocycles. The van der Waals surface area contributed by atoms with Gasteiger partial charge >= 0.3 is 0 Å². The Kier molecular flexibility index (Phi) is 5.69. The molecule has 1 heterocycles. The van der Waals surface area contributed by atoms with E-state index in [-0.39, 0.29) is 5.41 Å². The van der Waals surface area contributed by atoms with Crippen molar-refractivity contribution >= 4 is 5.69 Å². The summed E-state index contributed by atoms with van der Waals surface area (Å²) in [6.45, 7) is 11.1. The lowest BCUT2D eigenvalue weighted by Crippen LogP contribution is -2.45. The van der Waals surface area contributed by atoms with Crippen molar-refractivity contribution in [3.63, 3.8) is 0 Å². The third-order valence-electron chi connectivity index (χ3n) is 5.33. The summed E-state index contributed by atoms with van der Waals surface area (Å²) in [7, 11) is 4.18. The van der Waals surface area contributed by atoms with Crippen LogP contribution in [-0.2, 0) is 5.41 Å². The number of benzene rings is 2. The van der Waals surface area contributed by atoms with Crippen LogP contribution in [0.1, 0.15) is 43.5 Å². The van der Waals surface area contributed by atoms with Gasteiger partial charge in [-0.05, 0) is 34.2 Å². The first kappa shape index (κ1) is 18.9. The Balaban J connectivity index is 1.95. The minimum atomic E-state index is 0.191. The zero-order valence-corrected chi connectivity index (χ0v) is 16.9. The number of nitrogens with one attached hydrogen (secondary N) is 1. The van der Waals surface area contributed by atoms with Crippen LogP contribution >= 0.6 is 0 Å². The van der Waals surface area contributed by atoms with E-state index >= 15 is 0 Å². The molecule has 26 heavy (non-hydrogen) atoms. The Morgan fingerprint density at radius 2 is 1.35 bits per heavy atom. The molecule has 0 bridgehead atoms. The fourth-order valence-electron chi connectivity index (χ4n) is 3.67. The lowest BCUT2D eigenvalue weighted by atomic mass is 9.85. The zero-order valence-electron chi connectivity index (χ0n) is 16.9. The number of hydrogen-bond donors (Lipinski definition) is 1. The second-order valence-electron chi connectivity index (χ2n) is 8.55. The molecular formula is C23H33N3. The zero-order chi connectivity index (χ0) is 18.7. The normalized spacial score (nSPS) is 17.1. The molecule has 1 atom stereocenters. The van der Waals surface area contributed by atoms with Gasteiger partial charge in [-0.25, -0.2) is 0 Å². The number of rotatable bonds is 4. The lowest BCUT2D eigenvalue weighted by molar-refractivity contribution is 0.198. The predicted molar refractivity (Wildman–Crippen MR) is 112 cm³/mol. The Hall–Kier alpha value is -1.84. The van der Waals surface area contributed by atoms with E-state index in [0.717, 1.165) is 26.2 Å². The van der Waals surface area contributed by atoms with E-state index in [0.29, 0.717) is 6.04 Å². The van der Waals surface area contributed by atoms with Gasteiger partial charge in [-0.15, -0.1) is 0 Å². The highest BCUT2D eigenvalue weighted by Gasteiger charge is 2.24. The first-order chi connectivity index (χ1) is 12.4. The van der Waals surface area contributed by atoms with E-state index < -0.39 is 0 Å². The van der Waals surface area contributed by atoms with E-state index in [1.54, 1.807) is 0 Å². The van der Waals surface area contributed by atoms with E-state index in [9.17, 15) is 0 Å². The largest absolute Gasteiger partial charge is 0.378 e. The molecule has 0 radical (unpaired) electrons. The third-order valence-corrected chi connectivity index (χ3v) is 5.33. The fourth-order valence-corrected chi connectivity index (χ4v) is 3.67. The minimum absolute atomic E-state index is 0.191. The van der Waals surface area contributed by atoms with E-state index in [4.69, 9.17) is 0 Å².